The van der Waals surface area contributed by atoms with Crippen LogP contribution in [0.1, 0.15) is 15.9 Å². The Morgan fingerprint density at radius 1 is 1.00 bits per heavy atom. The number of urea groups is 1. The Morgan fingerprint density at radius 3 is 2.32 bits per heavy atom. The zero-order chi connectivity index (χ0) is 19.8. The fourth-order valence-corrected chi connectivity index (χ4v) is 3.05. The van der Waals surface area contributed by atoms with Gasteiger partial charge in [-0.05, 0) is 29.8 Å². The van der Waals surface area contributed by atoms with E-state index in [1.54, 1.807) is 24.3 Å². The molecule has 0 aromatic heterocycles. The zero-order valence-electron chi connectivity index (χ0n) is 16.0. The van der Waals surface area contributed by atoms with Crippen molar-refractivity contribution in [3.05, 3.63) is 71.8 Å². The topological polar surface area (TPSA) is 61.9 Å². The average Bonchev–Trinajstić information content (AvgIpc) is 2.75. The third-order valence-corrected chi connectivity index (χ3v) is 4.69. The molecule has 2 aromatic rings. The molecule has 0 unspecified atom stereocenters. The maximum absolute atomic E-state index is 12.4. The first-order chi connectivity index (χ1) is 13.7. The average molecular weight is 379 g/mol. The van der Waals surface area contributed by atoms with Gasteiger partial charge in [-0.25, -0.2) is 9.59 Å². The van der Waals surface area contributed by atoms with Crippen molar-refractivity contribution >= 4 is 23.8 Å². The highest BCUT2D eigenvalue weighted by atomic mass is 16.5. The van der Waals surface area contributed by atoms with E-state index in [4.69, 9.17) is 0 Å². The second kappa shape index (κ2) is 9.71. The number of carbonyl (C=O) groups is 2. The number of nitrogens with zero attached hydrogens (tertiary/aromatic N) is 2. The fraction of sp³-hybridized carbons (Fsp3) is 0.273. The van der Waals surface area contributed by atoms with Crippen molar-refractivity contribution < 1.29 is 14.3 Å². The molecule has 0 radical (unpaired) electrons. The summed E-state index contributed by atoms with van der Waals surface area (Å²) >= 11 is 0. The van der Waals surface area contributed by atoms with Crippen LogP contribution < -0.4 is 5.32 Å². The molecule has 6 nitrogen and oxygen atoms in total. The van der Waals surface area contributed by atoms with Crippen LogP contribution in [0.15, 0.2) is 60.7 Å². The van der Waals surface area contributed by atoms with Gasteiger partial charge in [0.05, 0.1) is 12.7 Å². The molecule has 1 N–H and O–H groups in total. The first-order valence-electron chi connectivity index (χ1n) is 9.34. The predicted octanol–water partition coefficient (Wildman–Crippen LogP) is 3.34. The second-order valence-corrected chi connectivity index (χ2v) is 6.60. The predicted molar refractivity (Wildman–Crippen MR) is 110 cm³/mol. The first kappa shape index (κ1) is 19.6. The van der Waals surface area contributed by atoms with Crippen molar-refractivity contribution in [1.29, 1.82) is 0 Å². The minimum atomic E-state index is -0.393. The number of hydrogen-bond donors (Lipinski definition) is 1. The molecular weight excluding hydrogens is 354 g/mol. The molecule has 28 heavy (non-hydrogen) atoms. The summed E-state index contributed by atoms with van der Waals surface area (Å²) in [5.41, 5.74) is 2.31. The number of rotatable bonds is 5. The number of carbonyl (C=O) groups excluding carboxylic acids is 2. The Bertz CT molecular complexity index is 811. The molecule has 3 rings (SSSR count). The highest BCUT2D eigenvalue weighted by molar-refractivity contribution is 5.92. The van der Waals surface area contributed by atoms with E-state index < -0.39 is 5.97 Å². The lowest BCUT2D eigenvalue weighted by Gasteiger charge is -2.34. The molecule has 1 fully saturated rings. The monoisotopic (exact) mass is 379 g/mol. The smallest absolute Gasteiger partial charge is 0.337 e. The van der Waals surface area contributed by atoms with E-state index in [1.165, 1.54) is 12.7 Å². The number of amides is 2. The van der Waals surface area contributed by atoms with Gasteiger partial charge in [0.25, 0.3) is 0 Å². The van der Waals surface area contributed by atoms with Gasteiger partial charge in [-0.1, -0.05) is 42.5 Å². The van der Waals surface area contributed by atoms with E-state index in [2.05, 4.69) is 39.2 Å². The number of esters is 1. The molecule has 0 bridgehead atoms. The van der Waals surface area contributed by atoms with Crippen molar-refractivity contribution in [3.63, 3.8) is 0 Å². The summed E-state index contributed by atoms with van der Waals surface area (Å²) in [5.74, 6) is -0.393. The van der Waals surface area contributed by atoms with E-state index in [1.807, 2.05) is 23.1 Å². The molecule has 0 aliphatic carbocycles. The molecule has 6 heteroatoms. The summed E-state index contributed by atoms with van der Waals surface area (Å²) in [6, 6.07) is 16.8. The molecule has 1 saturated heterocycles. The summed E-state index contributed by atoms with van der Waals surface area (Å²) < 4.78 is 4.67. The minimum Gasteiger partial charge on any atom is -0.465 e. The van der Waals surface area contributed by atoms with Crippen LogP contribution in [0.3, 0.4) is 0 Å². The van der Waals surface area contributed by atoms with Gasteiger partial charge in [-0.2, -0.15) is 0 Å². The summed E-state index contributed by atoms with van der Waals surface area (Å²) in [6.07, 6.45) is 4.28. The van der Waals surface area contributed by atoms with Crippen LogP contribution in [-0.2, 0) is 4.74 Å². The quantitative estimate of drug-likeness (QED) is 0.810. The SMILES string of the molecule is COC(=O)c1ccc(NC(=O)N2CCN(C/C=C/c3ccccc3)CC2)cc1. The minimum absolute atomic E-state index is 0.120. The van der Waals surface area contributed by atoms with Gasteiger partial charge in [0.1, 0.15) is 0 Å². The fourth-order valence-electron chi connectivity index (χ4n) is 3.05. The van der Waals surface area contributed by atoms with Crippen LogP contribution in [-0.4, -0.2) is 61.6 Å². The number of methoxy groups -OCH3 is 1. The van der Waals surface area contributed by atoms with Crippen LogP contribution in [0.25, 0.3) is 6.08 Å². The number of benzene rings is 2. The Labute approximate surface area is 165 Å². The standard InChI is InChI=1S/C22H25N3O3/c1-28-21(26)19-9-11-20(12-10-19)23-22(27)25-16-14-24(15-17-25)13-5-8-18-6-3-2-4-7-18/h2-12H,13-17H2,1H3,(H,23,27)/b8-5+. The molecule has 0 atom stereocenters. The third-order valence-electron chi connectivity index (χ3n) is 4.69. The summed E-state index contributed by atoms with van der Waals surface area (Å²) in [6.45, 7) is 3.93. The molecule has 0 spiro atoms. The van der Waals surface area contributed by atoms with Gasteiger partial charge >= 0.3 is 12.0 Å². The summed E-state index contributed by atoms with van der Waals surface area (Å²) in [7, 11) is 1.34. The van der Waals surface area contributed by atoms with E-state index in [9.17, 15) is 9.59 Å². The Balaban J connectivity index is 1.43. The molecule has 1 aliphatic heterocycles. The third kappa shape index (κ3) is 5.44. The van der Waals surface area contributed by atoms with Gasteiger partial charge in [-0.15, -0.1) is 0 Å². The van der Waals surface area contributed by atoms with Crippen molar-refractivity contribution in [1.82, 2.24) is 9.80 Å². The van der Waals surface area contributed by atoms with Crippen molar-refractivity contribution in [3.8, 4) is 0 Å². The lowest BCUT2D eigenvalue weighted by atomic mass is 10.2. The van der Waals surface area contributed by atoms with E-state index >= 15 is 0 Å². The van der Waals surface area contributed by atoms with Crippen LogP contribution in [0.4, 0.5) is 10.5 Å². The van der Waals surface area contributed by atoms with Crippen LogP contribution >= 0.6 is 0 Å². The normalized spacial score (nSPS) is 14.8. The van der Waals surface area contributed by atoms with Crippen molar-refractivity contribution in [2.75, 3.05) is 45.2 Å². The van der Waals surface area contributed by atoms with E-state index in [0.717, 1.165) is 19.6 Å². The van der Waals surface area contributed by atoms with E-state index in [-0.39, 0.29) is 6.03 Å². The Hall–Kier alpha value is -3.12. The first-order valence-corrected chi connectivity index (χ1v) is 9.34. The Morgan fingerprint density at radius 2 is 1.68 bits per heavy atom. The highest BCUT2D eigenvalue weighted by Crippen LogP contribution is 2.12. The number of piperazine rings is 1. The largest absolute Gasteiger partial charge is 0.465 e. The molecule has 2 aromatic carbocycles. The molecule has 1 heterocycles. The number of hydrogen-bond acceptors (Lipinski definition) is 4. The van der Waals surface area contributed by atoms with Crippen LogP contribution in [0.5, 0.6) is 0 Å². The van der Waals surface area contributed by atoms with Gasteiger partial charge in [-0.3, -0.25) is 4.90 Å². The van der Waals surface area contributed by atoms with Crippen LogP contribution in [0, 0.1) is 0 Å². The number of ether oxygens (including phenoxy) is 1. The second-order valence-electron chi connectivity index (χ2n) is 6.60. The van der Waals surface area contributed by atoms with Crippen molar-refractivity contribution in [2.45, 2.75) is 0 Å². The molecular formula is C22H25N3O3. The van der Waals surface area contributed by atoms with Crippen molar-refractivity contribution in [2.24, 2.45) is 0 Å². The maximum atomic E-state index is 12.4. The van der Waals surface area contributed by atoms with Gasteiger partial charge in [0.2, 0.25) is 0 Å². The lowest BCUT2D eigenvalue weighted by molar-refractivity contribution is 0.0600. The zero-order valence-corrected chi connectivity index (χ0v) is 16.0. The Kier molecular flexibility index (Phi) is 6.81. The number of anilines is 1. The molecule has 0 saturated carbocycles. The van der Waals surface area contributed by atoms with Gasteiger partial charge < -0.3 is 15.0 Å². The highest BCUT2D eigenvalue weighted by Gasteiger charge is 2.20. The number of nitrogens with one attached hydrogen (secondary N) is 1. The van der Waals surface area contributed by atoms with Gasteiger partial charge in [0.15, 0.2) is 0 Å². The van der Waals surface area contributed by atoms with Crippen LogP contribution in [0.2, 0.25) is 0 Å². The maximum Gasteiger partial charge on any atom is 0.337 e. The van der Waals surface area contributed by atoms with Gasteiger partial charge in [0, 0.05) is 38.4 Å². The summed E-state index contributed by atoms with van der Waals surface area (Å²) in [4.78, 5) is 28.0. The molecule has 1 aliphatic rings. The molecule has 146 valence electrons. The molecule has 2 amide bonds. The van der Waals surface area contributed by atoms with E-state index in [0.29, 0.717) is 24.3 Å². The lowest BCUT2D eigenvalue weighted by Crippen LogP contribution is -2.49. The summed E-state index contributed by atoms with van der Waals surface area (Å²) in [5, 5.41) is 2.88.